The first-order valence-corrected chi connectivity index (χ1v) is 10.6. The number of ether oxygens (including phenoxy) is 1. The van der Waals surface area contributed by atoms with Crippen LogP contribution in [0.5, 0.6) is 6.01 Å². The predicted molar refractivity (Wildman–Crippen MR) is 123 cm³/mol. The smallest absolute Gasteiger partial charge is 0.317 e. The first kappa shape index (κ1) is 22.5. The average molecular weight is 492 g/mol. The molecule has 0 unspecified atom stereocenters. The van der Waals surface area contributed by atoms with Gasteiger partial charge in [0.05, 0.1) is 16.4 Å². The molecule has 1 aromatic heterocycles. The van der Waals surface area contributed by atoms with Crippen molar-refractivity contribution >= 4 is 34.8 Å². The molecular formula is C24H15Cl3F2N2O. The number of rotatable bonds is 5. The van der Waals surface area contributed by atoms with Crippen LogP contribution in [0, 0.1) is 18.6 Å². The van der Waals surface area contributed by atoms with Crippen molar-refractivity contribution in [2.45, 2.75) is 13.5 Å². The highest BCUT2D eigenvalue weighted by molar-refractivity contribution is 6.36. The van der Waals surface area contributed by atoms with Crippen LogP contribution in [0.25, 0.3) is 22.4 Å². The molecule has 0 atom stereocenters. The van der Waals surface area contributed by atoms with Gasteiger partial charge >= 0.3 is 6.01 Å². The zero-order chi connectivity index (χ0) is 22.8. The molecule has 0 aliphatic rings. The molecule has 4 aromatic rings. The lowest BCUT2D eigenvalue weighted by atomic mass is 9.98. The zero-order valence-electron chi connectivity index (χ0n) is 16.7. The Labute approximate surface area is 198 Å². The van der Waals surface area contributed by atoms with Crippen LogP contribution in [0.4, 0.5) is 8.78 Å². The van der Waals surface area contributed by atoms with E-state index in [2.05, 4.69) is 9.97 Å². The molecule has 0 amide bonds. The van der Waals surface area contributed by atoms with Gasteiger partial charge in [-0.1, -0.05) is 53.0 Å². The van der Waals surface area contributed by atoms with Crippen LogP contribution >= 0.6 is 34.8 Å². The van der Waals surface area contributed by atoms with E-state index in [1.165, 1.54) is 6.07 Å². The minimum Gasteiger partial charge on any atom is -0.459 e. The molecule has 0 radical (unpaired) electrons. The van der Waals surface area contributed by atoms with Crippen LogP contribution in [0.1, 0.15) is 11.3 Å². The summed E-state index contributed by atoms with van der Waals surface area (Å²) in [5, 5.41) is 1.51. The maximum atomic E-state index is 13.5. The number of benzene rings is 3. The molecule has 0 saturated heterocycles. The Morgan fingerprint density at radius 2 is 1.53 bits per heavy atom. The fourth-order valence-electron chi connectivity index (χ4n) is 3.23. The Morgan fingerprint density at radius 1 is 0.812 bits per heavy atom. The standard InChI is InChI=1S/C24H15Cl3F2N2O/c1-13-22(15-3-5-16(25)6-4-15)23(18-8-7-17(26)11-19(18)27)31-24(30-13)32-12-14-2-9-20(28)21(29)10-14/h2-11H,12H2,1H3. The highest BCUT2D eigenvalue weighted by Crippen LogP contribution is 2.38. The van der Waals surface area contributed by atoms with E-state index in [0.29, 0.717) is 37.6 Å². The second-order valence-electron chi connectivity index (χ2n) is 6.98. The lowest BCUT2D eigenvalue weighted by Crippen LogP contribution is -2.04. The first-order valence-electron chi connectivity index (χ1n) is 9.48. The van der Waals surface area contributed by atoms with Crippen LogP contribution in [0.2, 0.25) is 15.1 Å². The summed E-state index contributed by atoms with van der Waals surface area (Å²) in [5.74, 6) is -1.87. The van der Waals surface area contributed by atoms with Gasteiger partial charge in [-0.3, -0.25) is 0 Å². The van der Waals surface area contributed by atoms with Gasteiger partial charge in [0.15, 0.2) is 11.6 Å². The van der Waals surface area contributed by atoms with Gasteiger partial charge in [0.25, 0.3) is 0 Å². The van der Waals surface area contributed by atoms with Gasteiger partial charge < -0.3 is 4.74 Å². The van der Waals surface area contributed by atoms with Crippen molar-refractivity contribution in [2.24, 2.45) is 0 Å². The number of hydrogen-bond acceptors (Lipinski definition) is 3. The normalized spacial score (nSPS) is 10.9. The van der Waals surface area contributed by atoms with Crippen LogP contribution in [0.3, 0.4) is 0 Å². The summed E-state index contributed by atoms with van der Waals surface area (Å²) in [4.78, 5) is 9.04. The van der Waals surface area contributed by atoms with Gasteiger partial charge in [0.2, 0.25) is 0 Å². The van der Waals surface area contributed by atoms with Crippen LogP contribution in [-0.4, -0.2) is 9.97 Å². The summed E-state index contributed by atoms with van der Waals surface area (Å²) in [7, 11) is 0. The fourth-order valence-corrected chi connectivity index (χ4v) is 3.85. The second kappa shape index (κ2) is 9.41. The molecular weight excluding hydrogens is 477 g/mol. The molecule has 0 saturated carbocycles. The van der Waals surface area contributed by atoms with Crippen LogP contribution in [-0.2, 0) is 6.61 Å². The lowest BCUT2D eigenvalue weighted by Gasteiger charge is -2.15. The molecule has 8 heteroatoms. The van der Waals surface area contributed by atoms with Crippen molar-refractivity contribution in [1.82, 2.24) is 9.97 Å². The summed E-state index contributed by atoms with van der Waals surface area (Å²) < 4.78 is 32.4. The Bertz CT molecular complexity index is 1300. The van der Waals surface area contributed by atoms with E-state index in [9.17, 15) is 8.78 Å². The Kier molecular flexibility index (Phi) is 6.60. The predicted octanol–water partition coefficient (Wildman–Crippen LogP) is 7.94. The van der Waals surface area contributed by atoms with Crippen molar-refractivity contribution in [3.05, 3.63) is 98.6 Å². The van der Waals surface area contributed by atoms with Crippen molar-refractivity contribution in [1.29, 1.82) is 0 Å². The molecule has 0 N–H and O–H groups in total. The van der Waals surface area contributed by atoms with Gasteiger partial charge in [-0.25, -0.2) is 8.78 Å². The molecule has 4 rings (SSSR count). The molecule has 0 aliphatic carbocycles. The van der Waals surface area contributed by atoms with Crippen molar-refractivity contribution in [3.8, 4) is 28.4 Å². The summed E-state index contributed by atoms with van der Waals surface area (Å²) >= 11 is 18.6. The second-order valence-corrected chi connectivity index (χ2v) is 8.26. The maximum Gasteiger partial charge on any atom is 0.317 e. The lowest BCUT2D eigenvalue weighted by molar-refractivity contribution is 0.279. The quantitative estimate of drug-likeness (QED) is 0.284. The van der Waals surface area contributed by atoms with E-state index in [4.69, 9.17) is 39.5 Å². The molecule has 32 heavy (non-hydrogen) atoms. The third-order valence-electron chi connectivity index (χ3n) is 4.74. The minimum atomic E-state index is -0.949. The topological polar surface area (TPSA) is 35.0 Å². The van der Waals surface area contributed by atoms with E-state index in [0.717, 1.165) is 23.3 Å². The van der Waals surface area contributed by atoms with Gasteiger partial charge in [-0.05, 0) is 60.5 Å². The Morgan fingerprint density at radius 3 is 2.22 bits per heavy atom. The van der Waals surface area contributed by atoms with E-state index in [-0.39, 0.29) is 12.6 Å². The Balaban J connectivity index is 1.79. The maximum absolute atomic E-state index is 13.5. The van der Waals surface area contributed by atoms with Gasteiger partial charge in [0, 0.05) is 21.2 Å². The highest BCUT2D eigenvalue weighted by atomic mass is 35.5. The number of aryl methyl sites for hydroxylation is 1. The molecule has 1 heterocycles. The largest absolute Gasteiger partial charge is 0.459 e. The number of halogens is 5. The van der Waals surface area contributed by atoms with Crippen molar-refractivity contribution in [3.63, 3.8) is 0 Å². The monoisotopic (exact) mass is 490 g/mol. The summed E-state index contributed by atoms with van der Waals surface area (Å²) in [6.07, 6.45) is 0. The highest BCUT2D eigenvalue weighted by Gasteiger charge is 2.19. The summed E-state index contributed by atoms with van der Waals surface area (Å²) in [5.41, 5.74) is 3.87. The van der Waals surface area contributed by atoms with Crippen LogP contribution < -0.4 is 4.74 Å². The summed E-state index contributed by atoms with van der Waals surface area (Å²) in [6.45, 7) is 1.79. The van der Waals surface area contributed by atoms with E-state index in [1.807, 2.05) is 19.1 Å². The minimum absolute atomic E-state index is 0.0370. The average Bonchev–Trinajstić information content (AvgIpc) is 2.75. The molecule has 0 spiro atoms. The number of hydrogen-bond donors (Lipinski definition) is 0. The van der Waals surface area contributed by atoms with Crippen molar-refractivity contribution in [2.75, 3.05) is 0 Å². The third-order valence-corrected chi connectivity index (χ3v) is 5.54. The molecule has 162 valence electrons. The summed E-state index contributed by atoms with van der Waals surface area (Å²) in [6, 6.07) is 16.0. The van der Waals surface area contributed by atoms with E-state index < -0.39 is 11.6 Å². The SMILES string of the molecule is Cc1nc(OCc2ccc(F)c(F)c2)nc(-c2ccc(Cl)cc2Cl)c1-c1ccc(Cl)cc1. The molecule has 3 nitrogen and oxygen atoms in total. The van der Waals surface area contributed by atoms with Gasteiger partial charge in [-0.15, -0.1) is 0 Å². The van der Waals surface area contributed by atoms with Crippen LogP contribution in [0.15, 0.2) is 60.7 Å². The zero-order valence-corrected chi connectivity index (χ0v) is 18.9. The number of aromatic nitrogens is 2. The van der Waals surface area contributed by atoms with Gasteiger partial charge in [0.1, 0.15) is 6.61 Å². The molecule has 0 fully saturated rings. The first-order chi connectivity index (χ1) is 15.3. The third kappa shape index (κ3) is 4.85. The number of nitrogens with zero attached hydrogens (tertiary/aromatic N) is 2. The molecule has 3 aromatic carbocycles. The van der Waals surface area contributed by atoms with E-state index in [1.54, 1.807) is 30.3 Å². The van der Waals surface area contributed by atoms with Gasteiger partial charge in [-0.2, -0.15) is 9.97 Å². The molecule has 0 bridgehead atoms. The Hall–Kier alpha value is -2.73. The van der Waals surface area contributed by atoms with Crippen molar-refractivity contribution < 1.29 is 13.5 Å². The molecule has 0 aliphatic heterocycles. The fraction of sp³-hybridized carbons (Fsp3) is 0.0833. The van der Waals surface area contributed by atoms with E-state index >= 15 is 0 Å².